The number of hydrogen-bond donors (Lipinski definition) is 1. The zero-order valence-corrected chi connectivity index (χ0v) is 16.0. The van der Waals surface area contributed by atoms with Gasteiger partial charge in [-0.25, -0.2) is 0 Å². The molecular formula is C22H16F2N2O2S. The number of nitrogens with one attached hydrogen (secondary N) is 1. The Bertz CT molecular complexity index is 1210. The number of benzene rings is 3. The molecule has 1 N–H and O–H groups in total. The molecule has 29 heavy (non-hydrogen) atoms. The number of hydrogen-bond acceptors (Lipinski definition) is 3. The topological polar surface area (TPSA) is 51.1 Å². The Labute approximate surface area is 169 Å². The molecule has 0 unspecified atom stereocenters. The molecular weight excluding hydrogens is 394 g/mol. The molecule has 0 radical (unpaired) electrons. The van der Waals surface area contributed by atoms with Crippen molar-refractivity contribution in [2.45, 2.75) is 17.2 Å². The summed E-state index contributed by atoms with van der Waals surface area (Å²) < 4.78 is 27.3. The fourth-order valence-corrected chi connectivity index (χ4v) is 3.94. The van der Waals surface area contributed by atoms with Crippen molar-refractivity contribution in [3.8, 4) is 0 Å². The fraction of sp³-hybridized carbons (Fsp3) is 0.0909. The number of carbonyl (C=O) groups is 1. The van der Waals surface area contributed by atoms with Gasteiger partial charge in [0.2, 0.25) is 5.91 Å². The quantitative estimate of drug-likeness (QED) is 0.368. The number of aromatic nitrogens is 1. The Morgan fingerprint density at radius 3 is 2.07 bits per heavy atom. The van der Waals surface area contributed by atoms with Gasteiger partial charge in [-0.15, -0.1) is 0 Å². The number of fused-ring (bicyclic) bond motifs is 2. The van der Waals surface area contributed by atoms with E-state index in [4.69, 9.17) is 0 Å². The van der Waals surface area contributed by atoms with E-state index in [2.05, 4.69) is 5.32 Å². The van der Waals surface area contributed by atoms with Crippen molar-refractivity contribution in [2.24, 2.45) is 0 Å². The van der Waals surface area contributed by atoms with Gasteiger partial charge in [0.15, 0.2) is 5.43 Å². The van der Waals surface area contributed by atoms with Gasteiger partial charge in [0.25, 0.3) is 5.76 Å². The second-order valence-electron chi connectivity index (χ2n) is 6.37. The summed E-state index contributed by atoms with van der Waals surface area (Å²) in [6.07, 6.45) is 0. The van der Waals surface area contributed by atoms with Gasteiger partial charge in [-0.1, -0.05) is 48.2 Å². The minimum atomic E-state index is -2.58. The summed E-state index contributed by atoms with van der Waals surface area (Å²) in [6, 6.07) is 20.6. The first-order chi connectivity index (χ1) is 14.0. The lowest BCUT2D eigenvalue weighted by Crippen LogP contribution is -2.21. The van der Waals surface area contributed by atoms with Gasteiger partial charge in [-0.05, 0) is 36.4 Å². The van der Waals surface area contributed by atoms with E-state index < -0.39 is 5.76 Å². The third-order valence-electron chi connectivity index (χ3n) is 4.56. The van der Waals surface area contributed by atoms with Gasteiger partial charge < -0.3 is 9.88 Å². The highest BCUT2D eigenvalue weighted by atomic mass is 32.2. The maximum Gasteiger partial charge on any atom is 0.288 e. The van der Waals surface area contributed by atoms with E-state index in [1.807, 2.05) is 0 Å². The molecule has 0 bridgehead atoms. The van der Waals surface area contributed by atoms with Crippen LogP contribution < -0.4 is 10.7 Å². The molecule has 4 aromatic rings. The van der Waals surface area contributed by atoms with Crippen molar-refractivity contribution < 1.29 is 13.6 Å². The van der Waals surface area contributed by atoms with Gasteiger partial charge in [-0.2, -0.15) is 8.78 Å². The van der Waals surface area contributed by atoms with Crippen LogP contribution in [0.25, 0.3) is 21.8 Å². The molecule has 0 saturated carbocycles. The smallest absolute Gasteiger partial charge is 0.288 e. The molecule has 146 valence electrons. The Morgan fingerprint density at radius 2 is 1.45 bits per heavy atom. The summed E-state index contributed by atoms with van der Waals surface area (Å²) >= 11 is 0.384. The molecule has 0 fully saturated rings. The van der Waals surface area contributed by atoms with E-state index in [0.29, 0.717) is 44.2 Å². The van der Waals surface area contributed by atoms with Crippen LogP contribution in [-0.4, -0.2) is 16.2 Å². The first kappa shape index (κ1) is 19.1. The predicted octanol–water partition coefficient (Wildman–Crippen LogP) is 5.11. The van der Waals surface area contributed by atoms with Gasteiger partial charge >= 0.3 is 0 Å². The maximum absolute atomic E-state index is 12.8. The average Bonchev–Trinajstić information content (AvgIpc) is 2.72. The highest BCUT2D eigenvalue weighted by molar-refractivity contribution is 7.99. The number of anilines is 1. The van der Waals surface area contributed by atoms with Crippen molar-refractivity contribution >= 4 is 45.2 Å². The highest BCUT2D eigenvalue weighted by Gasteiger charge is 2.15. The lowest BCUT2D eigenvalue weighted by molar-refractivity contribution is -0.116. The highest BCUT2D eigenvalue weighted by Crippen LogP contribution is 2.31. The number of alkyl halides is 2. The first-order valence-corrected chi connectivity index (χ1v) is 9.76. The van der Waals surface area contributed by atoms with Crippen LogP contribution in [-0.2, 0) is 11.3 Å². The van der Waals surface area contributed by atoms with Crippen LogP contribution in [0.5, 0.6) is 0 Å². The van der Waals surface area contributed by atoms with E-state index in [-0.39, 0.29) is 17.9 Å². The number of thioether (sulfide) groups is 1. The van der Waals surface area contributed by atoms with Crippen molar-refractivity contribution in [1.29, 1.82) is 0 Å². The van der Waals surface area contributed by atoms with Gasteiger partial charge in [0.05, 0.1) is 16.7 Å². The normalized spacial score (nSPS) is 11.3. The van der Waals surface area contributed by atoms with Crippen LogP contribution >= 0.6 is 11.8 Å². The monoisotopic (exact) mass is 410 g/mol. The molecule has 4 nitrogen and oxygen atoms in total. The third-order valence-corrected chi connectivity index (χ3v) is 5.35. The van der Waals surface area contributed by atoms with Crippen molar-refractivity contribution in [3.63, 3.8) is 0 Å². The van der Waals surface area contributed by atoms with Crippen molar-refractivity contribution in [2.75, 3.05) is 5.32 Å². The van der Waals surface area contributed by atoms with Crippen LogP contribution in [0.15, 0.2) is 82.5 Å². The van der Waals surface area contributed by atoms with E-state index in [1.54, 1.807) is 71.3 Å². The van der Waals surface area contributed by atoms with Crippen LogP contribution in [0.1, 0.15) is 0 Å². The molecule has 1 aromatic heterocycles. The van der Waals surface area contributed by atoms with Crippen LogP contribution in [0, 0.1) is 0 Å². The largest absolute Gasteiger partial charge is 0.331 e. The molecule has 0 aliphatic heterocycles. The lowest BCUT2D eigenvalue weighted by atomic mass is 10.1. The molecule has 0 aliphatic carbocycles. The molecule has 1 heterocycles. The minimum Gasteiger partial charge on any atom is -0.331 e. The summed E-state index contributed by atoms with van der Waals surface area (Å²) in [5.41, 5.74) is 1.52. The minimum absolute atomic E-state index is 0.0605. The van der Waals surface area contributed by atoms with E-state index in [9.17, 15) is 18.4 Å². The molecule has 0 atom stereocenters. The summed E-state index contributed by atoms with van der Waals surface area (Å²) in [6.45, 7) is -0.0605. The summed E-state index contributed by atoms with van der Waals surface area (Å²) in [5.74, 6) is -2.95. The van der Waals surface area contributed by atoms with Gasteiger partial charge in [-0.3, -0.25) is 9.59 Å². The second kappa shape index (κ2) is 8.05. The number of rotatable bonds is 5. The molecule has 0 saturated heterocycles. The van der Waals surface area contributed by atoms with Gasteiger partial charge in [0, 0.05) is 15.7 Å². The Balaban J connectivity index is 1.74. The van der Waals surface area contributed by atoms with Gasteiger partial charge in [0.1, 0.15) is 6.54 Å². The van der Waals surface area contributed by atoms with Crippen molar-refractivity contribution in [3.05, 3.63) is 83.0 Å². The van der Waals surface area contributed by atoms with Crippen molar-refractivity contribution in [1.82, 2.24) is 4.57 Å². The molecule has 4 rings (SSSR count). The first-order valence-electron chi connectivity index (χ1n) is 8.88. The summed E-state index contributed by atoms with van der Waals surface area (Å²) in [4.78, 5) is 25.9. The summed E-state index contributed by atoms with van der Waals surface area (Å²) in [7, 11) is 0. The average molecular weight is 410 g/mol. The predicted molar refractivity (Wildman–Crippen MR) is 113 cm³/mol. The third kappa shape index (κ3) is 3.86. The Kier molecular flexibility index (Phi) is 5.31. The van der Waals surface area contributed by atoms with Crippen LogP contribution in [0.4, 0.5) is 14.5 Å². The maximum atomic E-state index is 12.8. The lowest BCUT2D eigenvalue weighted by Gasteiger charge is -2.16. The second-order valence-corrected chi connectivity index (χ2v) is 7.40. The van der Waals surface area contributed by atoms with E-state index in [1.165, 1.54) is 6.07 Å². The van der Waals surface area contributed by atoms with E-state index in [0.717, 1.165) is 0 Å². The number of para-hydroxylation sites is 3. The standard InChI is InChI=1S/C22H16F2N2O2S/c23-22(24)29-19-12-6-3-9-16(19)25-20(27)13-26-17-10-4-1-7-14(17)21(28)15-8-2-5-11-18(15)26/h1-12,22H,13H2,(H,25,27). The number of nitrogens with zero attached hydrogens (tertiary/aromatic N) is 1. The number of halogens is 2. The molecule has 0 spiro atoms. The Morgan fingerprint density at radius 1 is 0.897 bits per heavy atom. The fourth-order valence-electron chi connectivity index (χ4n) is 3.35. The summed E-state index contributed by atoms with van der Waals surface area (Å²) in [5, 5.41) is 3.76. The Hall–Kier alpha value is -3.19. The zero-order chi connectivity index (χ0) is 20.4. The molecule has 0 aliphatic rings. The van der Waals surface area contributed by atoms with Crippen LogP contribution in [0.2, 0.25) is 0 Å². The SMILES string of the molecule is O=C(Cn1c2ccccc2c(=O)c2ccccc21)Nc1ccccc1SC(F)F. The molecule has 7 heteroatoms. The zero-order valence-electron chi connectivity index (χ0n) is 15.1. The number of amides is 1. The van der Waals surface area contributed by atoms with E-state index >= 15 is 0 Å². The molecule has 3 aromatic carbocycles. The van der Waals surface area contributed by atoms with Crippen LogP contribution in [0.3, 0.4) is 0 Å². The number of carbonyl (C=O) groups excluding carboxylic acids is 1. The molecule has 1 amide bonds. The number of pyridine rings is 1.